The van der Waals surface area contributed by atoms with Crippen molar-refractivity contribution in [3.63, 3.8) is 0 Å². The summed E-state index contributed by atoms with van der Waals surface area (Å²) in [7, 11) is 0. The lowest BCUT2D eigenvalue weighted by molar-refractivity contribution is -0.123. The third kappa shape index (κ3) is 2.07. The first-order chi connectivity index (χ1) is 5.24. The van der Waals surface area contributed by atoms with E-state index in [1.807, 2.05) is 6.08 Å². The summed E-state index contributed by atoms with van der Waals surface area (Å²) in [5.41, 5.74) is 5.21. The number of primary amides is 1. The topological polar surface area (TPSA) is 43.1 Å². The van der Waals surface area contributed by atoms with Crippen LogP contribution in [0.5, 0.6) is 0 Å². The van der Waals surface area contributed by atoms with Crippen LogP contribution < -0.4 is 5.73 Å². The summed E-state index contributed by atoms with van der Waals surface area (Å²) in [6.07, 6.45) is 6.12. The van der Waals surface area contributed by atoms with E-state index in [4.69, 9.17) is 5.73 Å². The van der Waals surface area contributed by atoms with Crippen molar-refractivity contribution in [2.24, 2.45) is 17.6 Å². The minimum absolute atomic E-state index is 0.103. The SMILES string of the molecule is C=CC1CCC[C@H](C(N)=O)C1. The van der Waals surface area contributed by atoms with Gasteiger partial charge >= 0.3 is 0 Å². The zero-order valence-corrected chi connectivity index (χ0v) is 6.75. The van der Waals surface area contributed by atoms with Gasteiger partial charge in [0, 0.05) is 5.92 Å². The molecule has 0 radical (unpaired) electrons. The second-order valence-corrected chi connectivity index (χ2v) is 3.26. The fourth-order valence-electron chi connectivity index (χ4n) is 1.70. The highest BCUT2D eigenvalue weighted by molar-refractivity contribution is 5.76. The molecular formula is C9H15NO. The molecule has 0 spiro atoms. The van der Waals surface area contributed by atoms with Crippen molar-refractivity contribution in [1.82, 2.24) is 0 Å². The summed E-state index contributed by atoms with van der Waals surface area (Å²) < 4.78 is 0. The number of hydrogen-bond acceptors (Lipinski definition) is 1. The molecule has 1 aliphatic carbocycles. The molecule has 1 amide bonds. The highest BCUT2D eigenvalue weighted by atomic mass is 16.1. The van der Waals surface area contributed by atoms with Crippen molar-refractivity contribution >= 4 is 5.91 Å². The minimum atomic E-state index is -0.142. The maximum atomic E-state index is 10.8. The first kappa shape index (κ1) is 8.31. The number of nitrogens with two attached hydrogens (primary N) is 1. The van der Waals surface area contributed by atoms with Crippen LogP contribution in [0.4, 0.5) is 0 Å². The molecule has 1 fully saturated rings. The summed E-state index contributed by atoms with van der Waals surface area (Å²) in [6.45, 7) is 3.73. The Bertz CT molecular complexity index is 165. The van der Waals surface area contributed by atoms with Crippen molar-refractivity contribution in [1.29, 1.82) is 0 Å². The number of carbonyl (C=O) groups is 1. The Labute approximate surface area is 67.5 Å². The third-order valence-corrected chi connectivity index (χ3v) is 2.45. The molecule has 1 unspecified atom stereocenters. The molecule has 0 heterocycles. The summed E-state index contributed by atoms with van der Waals surface area (Å²) in [5, 5.41) is 0. The fraction of sp³-hybridized carbons (Fsp3) is 0.667. The number of rotatable bonds is 2. The van der Waals surface area contributed by atoms with Crippen molar-refractivity contribution in [3.05, 3.63) is 12.7 Å². The molecule has 2 atom stereocenters. The molecule has 11 heavy (non-hydrogen) atoms. The molecule has 1 rings (SSSR count). The van der Waals surface area contributed by atoms with Gasteiger partial charge in [0.25, 0.3) is 0 Å². The highest BCUT2D eigenvalue weighted by Crippen LogP contribution is 2.29. The molecule has 2 nitrogen and oxygen atoms in total. The predicted molar refractivity (Wildman–Crippen MR) is 44.8 cm³/mol. The van der Waals surface area contributed by atoms with Gasteiger partial charge < -0.3 is 5.73 Å². The average Bonchev–Trinajstić information content (AvgIpc) is 2.05. The quantitative estimate of drug-likeness (QED) is 0.600. The molecule has 0 aromatic carbocycles. The van der Waals surface area contributed by atoms with Gasteiger partial charge in [-0.25, -0.2) is 0 Å². The van der Waals surface area contributed by atoms with Gasteiger partial charge in [-0.05, 0) is 25.2 Å². The van der Waals surface area contributed by atoms with Gasteiger partial charge in [0.2, 0.25) is 5.91 Å². The molecule has 0 aromatic rings. The van der Waals surface area contributed by atoms with E-state index in [0.717, 1.165) is 19.3 Å². The van der Waals surface area contributed by atoms with Gasteiger partial charge in [-0.3, -0.25) is 4.79 Å². The lowest BCUT2D eigenvalue weighted by Crippen LogP contribution is -2.27. The first-order valence-electron chi connectivity index (χ1n) is 4.16. The number of amides is 1. The molecular weight excluding hydrogens is 138 g/mol. The molecule has 2 N–H and O–H groups in total. The van der Waals surface area contributed by atoms with E-state index in [9.17, 15) is 4.79 Å². The monoisotopic (exact) mass is 153 g/mol. The maximum Gasteiger partial charge on any atom is 0.220 e. The lowest BCUT2D eigenvalue weighted by Gasteiger charge is -2.24. The minimum Gasteiger partial charge on any atom is -0.369 e. The Balaban J connectivity index is 2.45. The Hall–Kier alpha value is -0.790. The van der Waals surface area contributed by atoms with E-state index in [1.165, 1.54) is 6.42 Å². The summed E-state index contributed by atoms with van der Waals surface area (Å²) >= 11 is 0. The number of allylic oxidation sites excluding steroid dienone is 1. The van der Waals surface area contributed by atoms with Gasteiger partial charge in [0.15, 0.2) is 0 Å². The first-order valence-corrected chi connectivity index (χ1v) is 4.16. The Morgan fingerprint density at radius 1 is 1.55 bits per heavy atom. The lowest BCUT2D eigenvalue weighted by atomic mass is 9.81. The van der Waals surface area contributed by atoms with E-state index >= 15 is 0 Å². The summed E-state index contributed by atoms with van der Waals surface area (Å²) in [4.78, 5) is 10.8. The Kier molecular flexibility index (Phi) is 2.69. The second-order valence-electron chi connectivity index (χ2n) is 3.26. The van der Waals surface area contributed by atoms with Crippen molar-refractivity contribution in [3.8, 4) is 0 Å². The third-order valence-electron chi connectivity index (χ3n) is 2.45. The van der Waals surface area contributed by atoms with Crippen molar-refractivity contribution in [2.75, 3.05) is 0 Å². The zero-order chi connectivity index (χ0) is 8.27. The standard InChI is InChI=1S/C9H15NO/c1-2-7-4-3-5-8(6-7)9(10)11/h2,7-8H,1,3-6H2,(H2,10,11)/t7?,8-/m0/s1. The van der Waals surface area contributed by atoms with E-state index in [1.54, 1.807) is 0 Å². The Morgan fingerprint density at radius 2 is 2.27 bits per heavy atom. The van der Waals surface area contributed by atoms with Crippen LogP contribution in [0.1, 0.15) is 25.7 Å². The molecule has 1 aliphatic rings. The highest BCUT2D eigenvalue weighted by Gasteiger charge is 2.23. The average molecular weight is 153 g/mol. The maximum absolute atomic E-state index is 10.8. The molecule has 0 aromatic heterocycles. The molecule has 0 saturated heterocycles. The van der Waals surface area contributed by atoms with Crippen LogP contribution in [0.3, 0.4) is 0 Å². The molecule has 2 heteroatoms. The van der Waals surface area contributed by atoms with Crippen LogP contribution in [0.2, 0.25) is 0 Å². The van der Waals surface area contributed by atoms with Gasteiger partial charge in [-0.15, -0.1) is 6.58 Å². The van der Waals surface area contributed by atoms with E-state index < -0.39 is 0 Å². The predicted octanol–water partition coefficient (Wildman–Crippen LogP) is 1.46. The van der Waals surface area contributed by atoms with Crippen molar-refractivity contribution in [2.45, 2.75) is 25.7 Å². The van der Waals surface area contributed by atoms with Crippen LogP contribution >= 0.6 is 0 Å². The van der Waals surface area contributed by atoms with Crippen LogP contribution in [0.15, 0.2) is 12.7 Å². The van der Waals surface area contributed by atoms with Crippen molar-refractivity contribution < 1.29 is 4.79 Å². The summed E-state index contributed by atoms with van der Waals surface area (Å²) in [6, 6.07) is 0. The van der Waals surface area contributed by atoms with E-state index in [0.29, 0.717) is 5.92 Å². The second kappa shape index (κ2) is 3.56. The fourth-order valence-corrected chi connectivity index (χ4v) is 1.70. The number of hydrogen-bond donors (Lipinski definition) is 1. The van der Waals surface area contributed by atoms with E-state index in [-0.39, 0.29) is 11.8 Å². The number of carbonyl (C=O) groups excluding carboxylic acids is 1. The normalized spacial score (nSPS) is 31.3. The van der Waals surface area contributed by atoms with Crippen LogP contribution in [-0.2, 0) is 4.79 Å². The van der Waals surface area contributed by atoms with Gasteiger partial charge in [0.05, 0.1) is 0 Å². The van der Waals surface area contributed by atoms with Gasteiger partial charge in [0.1, 0.15) is 0 Å². The zero-order valence-electron chi connectivity index (χ0n) is 6.75. The van der Waals surface area contributed by atoms with Crippen LogP contribution in [-0.4, -0.2) is 5.91 Å². The summed E-state index contributed by atoms with van der Waals surface area (Å²) in [5.74, 6) is 0.476. The largest absolute Gasteiger partial charge is 0.369 e. The van der Waals surface area contributed by atoms with Crippen LogP contribution in [0, 0.1) is 11.8 Å². The molecule has 62 valence electrons. The molecule has 1 saturated carbocycles. The Morgan fingerprint density at radius 3 is 2.82 bits per heavy atom. The molecule has 0 aliphatic heterocycles. The smallest absolute Gasteiger partial charge is 0.220 e. The van der Waals surface area contributed by atoms with Gasteiger partial charge in [-0.1, -0.05) is 12.5 Å². The van der Waals surface area contributed by atoms with Crippen LogP contribution in [0.25, 0.3) is 0 Å². The van der Waals surface area contributed by atoms with Gasteiger partial charge in [-0.2, -0.15) is 0 Å². The van der Waals surface area contributed by atoms with E-state index in [2.05, 4.69) is 6.58 Å². The molecule has 0 bridgehead atoms.